The number of aliphatic hydroxyl groups is 3. The molecule has 1 saturated heterocycles. The summed E-state index contributed by atoms with van der Waals surface area (Å²) in [6.07, 6.45) is 0.228. The third kappa shape index (κ3) is 27.6. The number of aliphatic carboxylic acids is 6. The molecule has 8 atom stereocenters. The van der Waals surface area contributed by atoms with E-state index >= 15 is 0 Å². The van der Waals surface area contributed by atoms with Crippen molar-refractivity contribution in [2.75, 3.05) is 13.1 Å². The third-order valence-electron chi connectivity index (χ3n) is 14.8. The molecule has 0 bridgehead atoms. The molecule has 3 heterocycles. The Hall–Kier alpha value is -9.14. The number of carboxylic acid groups (broad SMARTS) is 6. The highest BCUT2D eigenvalue weighted by Gasteiger charge is 2.49. The Kier molecular flexibility index (Phi) is 32.3. The molecule has 32 heteroatoms. The lowest BCUT2D eigenvalue weighted by molar-refractivity contribution is -0.170. The van der Waals surface area contributed by atoms with Gasteiger partial charge in [0.2, 0.25) is 29.5 Å². The predicted molar refractivity (Wildman–Crippen MR) is 333 cm³/mol. The van der Waals surface area contributed by atoms with Crippen LogP contribution < -0.4 is 31.9 Å². The molecule has 3 aromatic rings. The highest BCUT2D eigenvalue weighted by Crippen LogP contribution is 2.31. The molecule has 1 aromatic carbocycles. The first-order valence-corrected chi connectivity index (χ1v) is 30.3. The topological polar surface area (TPSA) is 513 Å². The van der Waals surface area contributed by atoms with Crippen molar-refractivity contribution >= 4 is 71.4 Å². The molecule has 94 heavy (non-hydrogen) atoms. The number of aromatic nitrogens is 3. The van der Waals surface area contributed by atoms with Gasteiger partial charge >= 0.3 is 41.9 Å². The lowest BCUT2D eigenvalue weighted by Gasteiger charge is -2.36. The van der Waals surface area contributed by atoms with Crippen molar-refractivity contribution in [2.24, 2.45) is 17.8 Å². The zero-order valence-electron chi connectivity index (χ0n) is 54.4. The summed E-state index contributed by atoms with van der Waals surface area (Å²) < 4.78 is 5.64. The van der Waals surface area contributed by atoms with Crippen LogP contribution in [0, 0.1) is 17.8 Å². The number of pyridine rings is 1. The van der Waals surface area contributed by atoms with E-state index in [1.165, 1.54) is 11.2 Å². The zero-order valence-corrected chi connectivity index (χ0v) is 54.4. The molecule has 1 aliphatic rings. The molecule has 1 aliphatic heterocycles. The van der Waals surface area contributed by atoms with Gasteiger partial charge in [0, 0.05) is 44.0 Å². The maximum atomic E-state index is 14.5. The number of carboxylic acids is 6. The van der Waals surface area contributed by atoms with Crippen molar-refractivity contribution in [3.8, 4) is 0 Å². The standard InChI is InChI=1S/C50H76N10O8.2C6H8O7/c1-11-33(6)42(45(64)54-28-35-20-15-16-22-52-35)59-46(65)41(32(4)5)53-29-40(61)37(24-31(2)3)56-44(63)39(26-36-27-51-30-55-36)57-43(62)38(25-34-18-13-12-14-19-34)58-47(66)50(10)21-17-23-60(50)48(67)68-49(7,8)9;2*7-3(8)1-6(13,5(11)12)2-4(9)10/h12-16,18-20,22,27,30-33,37-42,53,61H,11,17,21,23-26,28-29H2,1-10H3,(H,51,55)(H,54,64)(H,56,63)(H,57,62)(H,58,66)(H,59,65);2*13H,1-2H2,(H,7,8)(H,9,10)(H,11,12)/t33-,37-,38-,39-,40-,41-,42-,50-;;/m0../s1. The van der Waals surface area contributed by atoms with Crippen LogP contribution in [0.1, 0.15) is 138 Å². The van der Waals surface area contributed by atoms with Crippen LogP contribution in [0.25, 0.3) is 0 Å². The van der Waals surface area contributed by atoms with E-state index in [1.807, 2.05) is 77.9 Å². The van der Waals surface area contributed by atoms with Gasteiger partial charge in [-0.25, -0.2) is 19.4 Å². The highest BCUT2D eigenvalue weighted by atomic mass is 16.6. The van der Waals surface area contributed by atoms with Gasteiger partial charge in [-0.1, -0.05) is 84.4 Å². The van der Waals surface area contributed by atoms with Crippen molar-refractivity contribution in [3.63, 3.8) is 0 Å². The van der Waals surface area contributed by atoms with Gasteiger partial charge < -0.3 is 87.6 Å². The molecular weight excluding hydrogens is 1240 g/mol. The second-order valence-corrected chi connectivity index (χ2v) is 24.9. The second-order valence-electron chi connectivity index (χ2n) is 24.9. The van der Waals surface area contributed by atoms with Crippen LogP contribution >= 0.6 is 0 Å². The van der Waals surface area contributed by atoms with E-state index in [1.54, 1.807) is 52.2 Å². The van der Waals surface area contributed by atoms with Gasteiger partial charge in [-0.05, 0) is 82.4 Å². The Morgan fingerprint density at radius 1 is 0.681 bits per heavy atom. The molecule has 0 aliphatic carbocycles. The summed E-state index contributed by atoms with van der Waals surface area (Å²) in [5.74, 6) is -13.0. The number of ether oxygens (including phenoxy) is 1. The summed E-state index contributed by atoms with van der Waals surface area (Å²) in [7, 11) is 0. The number of likely N-dealkylation sites (tertiary alicyclic amines) is 1. The van der Waals surface area contributed by atoms with Crippen LogP contribution in [-0.2, 0) is 76.9 Å². The minimum absolute atomic E-state index is 0.00115. The summed E-state index contributed by atoms with van der Waals surface area (Å²) in [6.45, 7) is 18.8. The van der Waals surface area contributed by atoms with Gasteiger partial charge in [-0.2, -0.15) is 0 Å². The molecular formula is C62H92N10O22. The minimum atomic E-state index is -2.74. The first-order chi connectivity index (χ1) is 43.7. The molecule has 6 amide bonds. The summed E-state index contributed by atoms with van der Waals surface area (Å²) in [4.78, 5) is 157. The van der Waals surface area contributed by atoms with Crippen LogP contribution in [0.5, 0.6) is 0 Å². The number of aliphatic hydroxyl groups excluding tert-OH is 1. The number of amides is 6. The number of nitrogens with one attached hydrogen (secondary N) is 7. The van der Waals surface area contributed by atoms with E-state index < -0.39 is 150 Å². The first-order valence-electron chi connectivity index (χ1n) is 30.3. The van der Waals surface area contributed by atoms with Crippen molar-refractivity contribution in [1.29, 1.82) is 0 Å². The van der Waals surface area contributed by atoms with Crippen molar-refractivity contribution in [1.82, 2.24) is 51.8 Å². The lowest BCUT2D eigenvalue weighted by atomic mass is 9.95. The Labute approximate surface area is 543 Å². The summed E-state index contributed by atoms with van der Waals surface area (Å²) >= 11 is 0. The summed E-state index contributed by atoms with van der Waals surface area (Å²) in [5.41, 5.74) is -5.58. The molecule has 32 nitrogen and oxygen atoms in total. The number of aromatic amines is 1. The number of nitrogens with zero attached hydrogens (tertiary/aromatic N) is 3. The molecule has 1 fully saturated rings. The van der Waals surface area contributed by atoms with Gasteiger partial charge in [-0.3, -0.25) is 53.0 Å². The maximum Gasteiger partial charge on any atom is 0.411 e. The van der Waals surface area contributed by atoms with E-state index in [4.69, 9.17) is 45.6 Å². The number of imidazole rings is 1. The van der Waals surface area contributed by atoms with Crippen molar-refractivity contribution in [3.05, 3.63) is 84.2 Å². The summed E-state index contributed by atoms with van der Waals surface area (Å²) in [5, 5.41) is 97.2. The molecule has 2 aromatic heterocycles. The fourth-order valence-corrected chi connectivity index (χ4v) is 9.57. The molecule has 0 radical (unpaired) electrons. The van der Waals surface area contributed by atoms with Gasteiger partial charge in [0.05, 0.1) is 62.4 Å². The van der Waals surface area contributed by atoms with E-state index in [0.717, 1.165) is 5.56 Å². The Morgan fingerprint density at radius 3 is 1.67 bits per heavy atom. The third-order valence-corrected chi connectivity index (χ3v) is 14.8. The number of hydrogen-bond donors (Lipinski definition) is 16. The van der Waals surface area contributed by atoms with Gasteiger partial charge in [0.25, 0.3) is 0 Å². The van der Waals surface area contributed by atoms with Gasteiger partial charge in [0.15, 0.2) is 11.2 Å². The Bertz CT molecular complexity index is 2930. The smallest absolute Gasteiger partial charge is 0.411 e. The highest BCUT2D eigenvalue weighted by molar-refractivity contribution is 5.96. The second kappa shape index (κ2) is 37.5. The number of carbonyl (C=O) groups is 12. The van der Waals surface area contributed by atoms with E-state index in [9.17, 15) is 62.6 Å². The molecule has 4 rings (SSSR count). The molecule has 522 valence electrons. The average molecular weight is 1330 g/mol. The summed E-state index contributed by atoms with van der Waals surface area (Å²) in [6, 6.07) is 9.77. The number of carbonyl (C=O) groups excluding carboxylic acids is 6. The largest absolute Gasteiger partial charge is 0.481 e. The van der Waals surface area contributed by atoms with E-state index in [0.29, 0.717) is 43.6 Å². The molecule has 0 spiro atoms. The van der Waals surface area contributed by atoms with Gasteiger partial charge in [-0.15, -0.1) is 0 Å². The van der Waals surface area contributed by atoms with Crippen molar-refractivity contribution in [2.45, 2.75) is 199 Å². The normalized spacial score (nSPS) is 16.1. The molecule has 16 N–H and O–H groups in total. The maximum absolute atomic E-state index is 14.5. The molecule has 0 saturated carbocycles. The number of H-pyrrole nitrogens is 1. The quantitative estimate of drug-likeness (QED) is 0.0399. The first kappa shape index (κ1) is 81.0. The zero-order chi connectivity index (χ0) is 71.5. The Morgan fingerprint density at radius 2 is 1.21 bits per heavy atom. The molecule has 0 unspecified atom stereocenters. The number of hydrogen-bond acceptors (Lipinski definition) is 19. The lowest BCUT2D eigenvalue weighted by Crippen LogP contribution is -2.62. The number of benzene rings is 1. The van der Waals surface area contributed by atoms with Crippen LogP contribution in [0.15, 0.2) is 67.3 Å². The van der Waals surface area contributed by atoms with Crippen molar-refractivity contribution < 1.29 is 108 Å². The fourth-order valence-electron chi connectivity index (χ4n) is 9.57. The van der Waals surface area contributed by atoms with Gasteiger partial charge in [0.1, 0.15) is 29.3 Å². The van der Waals surface area contributed by atoms with Crippen LogP contribution in [0.2, 0.25) is 0 Å². The van der Waals surface area contributed by atoms with E-state index in [-0.39, 0.29) is 49.6 Å². The average Bonchev–Trinajstić information content (AvgIpc) is 1.60. The number of rotatable bonds is 34. The monoisotopic (exact) mass is 1330 g/mol. The van der Waals surface area contributed by atoms with Crippen LogP contribution in [-0.4, -0.2) is 209 Å². The fraction of sp³-hybridized carbons (Fsp3) is 0.581. The van der Waals surface area contributed by atoms with Crippen LogP contribution in [0.4, 0.5) is 4.79 Å². The predicted octanol–water partition coefficient (Wildman–Crippen LogP) is 1.21. The SMILES string of the molecule is CC[C@H](C)[C@H](NC(=O)[C@@H](NC[C@H](O)[C@H](CC(C)C)NC(=O)[C@H](Cc1cnc[nH]1)NC(=O)[C@H](Cc1ccccc1)NC(=O)[C@]1(C)CCCN1C(=O)OC(C)(C)C)C(C)C)C(=O)NCc1ccccn1.O=C(O)CC(O)(CC(=O)O)C(=O)O.O=C(O)CC(O)(CC(=O)O)C(=O)O. The minimum Gasteiger partial charge on any atom is -0.481 e. The Balaban J connectivity index is 0.000000959. The van der Waals surface area contributed by atoms with Crippen LogP contribution in [0.3, 0.4) is 0 Å². The van der Waals surface area contributed by atoms with E-state index in [2.05, 4.69) is 46.9 Å².